The molecule has 0 fully saturated rings. The predicted molar refractivity (Wildman–Crippen MR) is 70.0 cm³/mol. The maximum atomic E-state index is 11.8. The Kier molecular flexibility index (Phi) is 5.61. The van der Waals surface area contributed by atoms with Gasteiger partial charge in [0, 0.05) is 17.7 Å². The van der Waals surface area contributed by atoms with Gasteiger partial charge >= 0.3 is 11.7 Å². The molecule has 0 bridgehead atoms. The van der Waals surface area contributed by atoms with E-state index in [4.69, 9.17) is 4.74 Å². The molecule has 1 rings (SSSR count). The van der Waals surface area contributed by atoms with Crippen molar-refractivity contribution in [3.8, 4) is 5.75 Å². The first-order chi connectivity index (χ1) is 9.90. The highest BCUT2D eigenvalue weighted by Gasteiger charge is 2.19. The Hall–Kier alpha value is -2.68. The number of methoxy groups -OCH3 is 2. The maximum absolute atomic E-state index is 11.8. The number of ether oxygens (including phenoxy) is 2. The zero-order chi connectivity index (χ0) is 16.0. The third-order valence-electron chi connectivity index (χ3n) is 2.57. The molecule has 114 valence electrons. The number of aliphatic hydroxyl groups is 1. The van der Waals surface area contributed by atoms with Crippen molar-refractivity contribution >= 4 is 17.6 Å². The highest BCUT2D eigenvalue weighted by Crippen LogP contribution is 2.27. The third-order valence-corrected chi connectivity index (χ3v) is 2.57. The van der Waals surface area contributed by atoms with Gasteiger partial charge in [0.05, 0.1) is 25.7 Å². The van der Waals surface area contributed by atoms with Gasteiger partial charge in [-0.15, -0.1) is 0 Å². The van der Waals surface area contributed by atoms with E-state index >= 15 is 0 Å². The molecule has 21 heavy (non-hydrogen) atoms. The van der Waals surface area contributed by atoms with Crippen LogP contribution in [-0.2, 0) is 9.53 Å². The molecule has 0 spiro atoms. The molecule has 0 saturated heterocycles. The number of benzene rings is 1. The molecule has 0 aliphatic heterocycles. The van der Waals surface area contributed by atoms with Crippen LogP contribution in [0.2, 0.25) is 0 Å². The second-order valence-corrected chi connectivity index (χ2v) is 3.89. The van der Waals surface area contributed by atoms with Gasteiger partial charge in [-0.2, -0.15) is 0 Å². The van der Waals surface area contributed by atoms with Crippen molar-refractivity contribution in [3.05, 3.63) is 33.9 Å². The molecule has 0 aliphatic rings. The second-order valence-electron chi connectivity index (χ2n) is 3.89. The number of amides is 1. The van der Waals surface area contributed by atoms with Crippen LogP contribution in [0.3, 0.4) is 0 Å². The molecule has 0 radical (unpaired) electrons. The molecule has 0 aliphatic carbocycles. The first kappa shape index (κ1) is 16.4. The van der Waals surface area contributed by atoms with Gasteiger partial charge in [-0.05, 0) is 6.07 Å². The SMILES string of the molecule is COC(=O)C(O)CNC(=O)c1ccc([N+](=O)[O-])c(OC)c1. The van der Waals surface area contributed by atoms with Crippen molar-refractivity contribution in [3.63, 3.8) is 0 Å². The van der Waals surface area contributed by atoms with E-state index in [1.54, 1.807) is 0 Å². The lowest BCUT2D eigenvalue weighted by molar-refractivity contribution is -0.385. The van der Waals surface area contributed by atoms with Crippen LogP contribution in [0.15, 0.2) is 18.2 Å². The quantitative estimate of drug-likeness (QED) is 0.425. The van der Waals surface area contributed by atoms with Gasteiger partial charge < -0.3 is 19.9 Å². The molecule has 1 unspecified atom stereocenters. The van der Waals surface area contributed by atoms with Crippen molar-refractivity contribution in [2.24, 2.45) is 0 Å². The van der Waals surface area contributed by atoms with Crippen LogP contribution in [0, 0.1) is 10.1 Å². The van der Waals surface area contributed by atoms with Crippen molar-refractivity contribution < 1.29 is 29.1 Å². The Morgan fingerprint density at radius 1 is 1.43 bits per heavy atom. The normalized spacial score (nSPS) is 11.4. The van der Waals surface area contributed by atoms with E-state index in [2.05, 4.69) is 10.1 Å². The number of nitrogens with zero attached hydrogens (tertiary/aromatic N) is 1. The zero-order valence-electron chi connectivity index (χ0n) is 11.4. The fraction of sp³-hybridized carbons (Fsp3) is 0.333. The number of nitrogens with one attached hydrogen (secondary N) is 1. The molecule has 9 heteroatoms. The Labute approximate surface area is 119 Å². The minimum atomic E-state index is -1.49. The van der Waals surface area contributed by atoms with E-state index in [1.807, 2.05) is 0 Å². The standard InChI is InChI=1S/C12H14N2O7/c1-20-10-5-7(3-4-8(10)14(18)19)11(16)13-6-9(15)12(17)21-2/h3-5,9,15H,6H2,1-2H3,(H,13,16). The number of rotatable bonds is 6. The van der Waals surface area contributed by atoms with Crippen molar-refractivity contribution in [1.29, 1.82) is 0 Å². The third kappa shape index (κ3) is 4.14. The van der Waals surface area contributed by atoms with E-state index in [-0.39, 0.29) is 23.5 Å². The van der Waals surface area contributed by atoms with Crippen LogP contribution in [0.1, 0.15) is 10.4 Å². The number of hydrogen-bond donors (Lipinski definition) is 2. The van der Waals surface area contributed by atoms with Crippen LogP contribution >= 0.6 is 0 Å². The lowest BCUT2D eigenvalue weighted by Gasteiger charge is -2.10. The average Bonchev–Trinajstić information content (AvgIpc) is 2.50. The number of hydrogen-bond acceptors (Lipinski definition) is 7. The number of carbonyl (C=O) groups excluding carboxylic acids is 2. The monoisotopic (exact) mass is 298 g/mol. The molecule has 1 atom stereocenters. The van der Waals surface area contributed by atoms with Gasteiger partial charge in [-0.25, -0.2) is 4.79 Å². The summed E-state index contributed by atoms with van der Waals surface area (Å²) in [7, 11) is 2.35. The van der Waals surface area contributed by atoms with Crippen molar-refractivity contribution in [2.45, 2.75) is 6.10 Å². The lowest BCUT2D eigenvalue weighted by atomic mass is 10.1. The van der Waals surface area contributed by atoms with Crippen LogP contribution in [0.25, 0.3) is 0 Å². The van der Waals surface area contributed by atoms with Gasteiger partial charge in [0.25, 0.3) is 5.91 Å². The van der Waals surface area contributed by atoms with Gasteiger partial charge in [0.2, 0.25) is 0 Å². The number of nitro benzene ring substituents is 1. The smallest absolute Gasteiger partial charge is 0.336 e. The topological polar surface area (TPSA) is 128 Å². The van der Waals surface area contributed by atoms with E-state index in [1.165, 1.54) is 19.2 Å². The van der Waals surface area contributed by atoms with E-state index < -0.39 is 22.9 Å². The summed E-state index contributed by atoms with van der Waals surface area (Å²) in [6.07, 6.45) is -1.49. The van der Waals surface area contributed by atoms with Gasteiger partial charge in [-0.3, -0.25) is 14.9 Å². The highest BCUT2D eigenvalue weighted by atomic mass is 16.6. The summed E-state index contributed by atoms with van der Waals surface area (Å²) in [4.78, 5) is 32.9. The van der Waals surface area contributed by atoms with Crippen molar-refractivity contribution in [1.82, 2.24) is 5.32 Å². The van der Waals surface area contributed by atoms with E-state index in [0.717, 1.165) is 13.2 Å². The predicted octanol–water partition coefficient (Wildman–Crippen LogP) is -0.133. The minimum absolute atomic E-state index is 0.0684. The molecule has 1 amide bonds. The molecular weight excluding hydrogens is 284 g/mol. The molecule has 9 nitrogen and oxygen atoms in total. The lowest BCUT2D eigenvalue weighted by Crippen LogP contribution is -2.37. The van der Waals surface area contributed by atoms with Crippen LogP contribution in [-0.4, -0.2) is 48.8 Å². The summed E-state index contributed by atoms with van der Waals surface area (Å²) in [5.74, 6) is -1.57. The van der Waals surface area contributed by atoms with Crippen LogP contribution in [0.4, 0.5) is 5.69 Å². The molecule has 0 heterocycles. The largest absolute Gasteiger partial charge is 0.490 e. The summed E-state index contributed by atoms with van der Waals surface area (Å²) < 4.78 is 9.13. The molecule has 2 N–H and O–H groups in total. The number of aliphatic hydroxyl groups excluding tert-OH is 1. The highest BCUT2D eigenvalue weighted by molar-refractivity contribution is 5.95. The maximum Gasteiger partial charge on any atom is 0.336 e. The average molecular weight is 298 g/mol. The number of esters is 1. The summed E-state index contributed by atoms with van der Waals surface area (Å²) in [5.41, 5.74) is -0.182. The summed E-state index contributed by atoms with van der Waals surface area (Å²) in [6.45, 7) is -0.342. The van der Waals surface area contributed by atoms with Gasteiger partial charge in [-0.1, -0.05) is 0 Å². The fourth-order valence-electron chi connectivity index (χ4n) is 1.48. The summed E-state index contributed by atoms with van der Waals surface area (Å²) in [6, 6.07) is 3.56. The summed E-state index contributed by atoms with van der Waals surface area (Å²) in [5, 5.41) is 22.4. The molecular formula is C12H14N2O7. The summed E-state index contributed by atoms with van der Waals surface area (Å²) >= 11 is 0. The zero-order valence-corrected chi connectivity index (χ0v) is 11.4. The first-order valence-corrected chi connectivity index (χ1v) is 5.77. The van der Waals surface area contributed by atoms with E-state index in [9.17, 15) is 24.8 Å². The van der Waals surface area contributed by atoms with E-state index in [0.29, 0.717) is 0 Å². The molecule has 0 saturated carbocycles. The number of carbonyl (C=O) groups is 2. The molecule has 1 aromatic rings. The Balaban J connectivity index is 2.79. The van der Waals surface area contributed by atoms with Crippen LogP contribution in [0.5, 0.6) is 5.75 Å². The number of nitro groups is 1. The van der Waals surface area contributed by atoms with Crippen LogP contribution < -0.4 is 10.1 Å². The van der Waals surface area contributed by atoms with Gasteiger partial charge in [0.15, 0.2) is 11.9 Å². The molecule has 1 aromatic carbocycles. The minimum Gasteiger partial charge on any atom is -0.490 e. The van der Waals surface area contributed by atoms with Crippen molar-refractivity contribution in [2.75, 3.05) is 20.8 Å². The Morgan fingerprint density at radius 2 is 2.10 bits per heavy atom. The fourth-order valence-corrected chi connectivity index (χ4v) is 1.48. The van der Waals surface area contributed by atoms with Gasteiger partial charge in [0.1, 0.15) is 0 Å². The Morgan fingerprint density at radius 3 is 2.62 bits per heavy atom. The molecule has 0 aromatic heterocycles. The first-order valence-electron chi connectivity index (χ1n) is 5.77. The Bertz CT molecular complexity index is 559. The second kappa shape index (κ2) is 7.20.